The number of hydrogen-bond acceptors (Lipinski definition) is 4. The molecule has 0 aromatic heterocycles. The van der Waals surface area contributed by atoms with Crippen molar-refractivity contribution in [3.05, 3.63) is 0 Å². The van der Waals surface area contributed by atoms with Crippen molar-refractivity contribution in [1.29, 1.82) is 0 Å². The predicted octanol–water partition coefficient (Wildman–Crippen LogP) is -0.365. The second-order valence-corrected chi connectivity index (χ2v) is 4.11. The Morgan fingerprint density at radius 1 is 1.31 bits per heavy atom. The first-order valence-corrected chi connectivity index (χ1v) is 5.90. The largest absolute Gasteiger partial charge is 0.389 e. The molecule has 0 aromatic rings. The van der Waals surface area contributed by atoms with Crippen LogP contribution in [-0.2, 0) is 4.74 Å². The molecule has 92 valence electrons. The average molecular weight is 226 g/mol. The van der Waals surface area contributed by atoms with Gasteiger partial charge in [0.05, 0.1) is 12.7 Å². The third kappa shape index (κ3) is 4.95. The Balaban J connectivity index is 2.11. The van der Waals surface area contributed by atoms with Crippen molar-refractivity contribution in [2.24, 2.45) is 0 Å². The van der Waals surface area contributed by atoms with Gasteiger partial charge in [0.25, 0.3) is 0 Å². The van der Waals surface area contributed by atoms with E-state index >= 15 is 0 Å². The van der Waals surface area contributed by atoms with Crippen LogP contribution in [0.2, 0.25) is 0 Å². The summed E-state index contributed by atoms with van der Waals surface area (Å²) in [6.07, 6.45) is 4.63. The molecular weight excluding hydrogens is 204 g/mol. The van der Waals surface area contributed by atoms with Gasteiger partial charge in [0.1, 0.15) is 6.61 Å². The molecule has 1 aliphatic rings. The van der Waals surface area contributed by atoms with E-state index in [1.807, 2.05) is 0 Å². The quantitative estimate of drug-likeness (QED) is 0.495. The summed E-state index contributed by atoms with van der Waals surface area (Å²) in [5, 5.41) is 9.70. The van der Waals surface area contributed by atoms with Crippen molar-refractivity contribution in [2.75, 3.05) is 52.5 Å². The van der Waals surface area contributed by atoms with Gasteiger partial charge < -0.3 is 14.7 Å². The molecule has 0 bridgehead atoms. The molecule has 0 radical (unpaired) electrons. The standard InChI is InChI=1S/C12H22N2O2/c1-3-9-16-11-12(15)10-14-7-5-13(4-2)6-8-14/h1,12,15H,4-11H2,2H3/t12-/m1/s1. The van der Waals surface area contributed by atoms with E-state index in [1.54, 1.807) is 0 Å². The third-order valence-electron chi connectivity index (χ3n) is 2.88. The SMILES string of the molecule is C#CCOC[C@H](O)CN1CCN(CC)CC1. The van der Waals surface area contributed by atoms with Crippen molar-refractivity contribution in [3.8, 4) is 12.3 Å². The summed E-state index contributed by atoms with van der Waals surface area (Å²) >= 11 is 0. The molecule has 4 heteroatoms. The number of hydrogen-bond donors (Lipinski definition) is 1. The molecular formula is C12H22N2O2. The third-order valence-corrected chi connectivity index (χ3v) is 2.88. The van der Waals surface area contributed by atoms with Gasteiger partial charge >= 0.3 is 0 Å². The maximum atomic E-state index is 9.70. The molecule has 1 N–H and O–H groups in total. The number of aliphatic hydroxyl groups is 1. The number of aliphatic hydroxyl groups excluding tert-OH is 1. The predicted molar refractivity (Wildman–Crippen MR) is 64.2 cm³/mol. The van der Waals surface area contributed by atoms with Gasteiger partial charge in [-0.25, -0.2) is 0 Å². The van der Waals surface area contributed by atoms with E-state index in [0.717, 1.165) is 32.7 Å². The van der Waals surface area contributed by atoms with Crippen LogP contribution in [0.15, 0.2) is 0 Å². The molecule has 0 spiro atoms. The Bertz CT molecular complexity index is 220. The fourth-order valence-electron chi connectivity index (χ4n) is 1.89. The number of likely N-dealkylation sites (N-methyl/N-ethyl adjacent to an activating group) is 1. The van der Waals surface area contributed by atoms with Gasteiger partial charge in [-0.15, -0.1) is 6.42 Å². The van der Waals surface area contributed by atoms with Crippen LogP contribution in [0.1, 0.15) is 6.92 Å². The zero-order chi connectivity index (χ0) is 11.8. The van der Waals surface area contributed by atoms with Crippen LogP contribution in [0.3, 0.4) is 0 Å². The number of β-amino-alcohol motifs (C(OH)–C–C–N with tert-alkyl or cyclic N) is 1. The maximum Gasteiger partial charge on any atom is 0.107 e. The number of piperazine rings is 1. The molecule has 1 saturated heterocycles. The lowest BCUT2D eigenvalue weighted by Gasteiger charge is -2.34. The van der Waals surface area contributed by atoms with E-state index in [1.165, 1.54) is 0 Å². The monoisotopic (exact) mass is 226 g/mol. The lowest BCUT2D eigenvalue weighted by Crippen LogP contribution is -2.48. The summed E-state index contributed by atoms with van der Waals surface area (Å²) in [6.45, 7) is 8.82. The lowest BCUT2D eigenvalue weighted by atomic mass is 10.2. The minimum absolute atomic E-state index is 0.278. The van der Waals surface area contributed by atoms with Crippen LogP contribution in [0, 0.1) is 12.3 Å². The summed E-state index contributed by atoms with van der Waals surface area (Å²) in [4.78, 5) is 4.69. The summed E-state index contributed by atoms with van der Waals surface area (Å²) < 4.78 is 5.11. The van der Waals surface area contributed by atoms with Gasteiger partial charge in [0.2, 0.25) is 0 Å². The summed E-state index contributed by atoms with van der Waals surface area (Å²) in [5.41, 5.74) is 0. The van der Waals surface area contributed by atoms with Crippen LogP contribution in [0.4, 0.5) is 0 Å². The molecule has 1 heterocycles. The van der Waals surface area contributed by atoms with Crippen LogP contribution in [0.5, 0.6) is 0 Å². The van der Waals surface area contributed by atoms with E-state index in [-0.39, 0.29) is 6.61 Å². The molecule has 0 saturated carbocycles. The minimum atomic E-state index is -0.429. The molecule has 4 nitrogen and oxygen atoms in total. The highest BCUT2D eigenvalue weighted by Crippen LogP contribution is 2.02. The number of terminal acetylenes is 1. The highest BCUT2D eigenvalue weighted by molar-refractivity contribution is 4.83. The lowest BCUT2D eigenvalue weighted by molar-refractivity contribution is 0.0166. The van der Waals surface area contributed by atoms with Gasteiger partial charge in [0, 0.05) is 32.7 Å². The van der Waals surface area contributed by atoms with E-state index in [2.05, 4.69) is 22.6 Å². The highest BCUT2D eigenvalue weighted by atomic mass is 16.5. The first-order valence-electron chi connectivity index (χ1n) is 5.90. The van der Waals surface area contributed by atoms with Crippen LogP contribution < -0.4 is 0 Å². The smallest absolute Gasteiger partial charge is 0.107 e. The molecule has 1 fully saturated rings. The molecule has 1 rings (SSSR count). The first-order chi connectivity index (χ1) is 7.76. The number of nitrogens with zero attached hydrogens (tertiary/aromatic N) is 2. The van der Waals surface area contributed by atoms with E-state index in [0.29, 0.717) is 13.2 Å². The Kier molecular flexibility index (Phi) is 6.43. The molecule has 0 amide bonds. The van der Waals surface area contributed by atoms with E-state index in [9.17, 15) is 5.11 Å². The van der Waals surface area contributed by atoms with E-state index in [4.69, 9.17) is 11.2 Å². The molecule has 16 heavy (non-hydrogen) atoms. The van der Waals surface area contributed by atoms with Crippen LogP contribution in [0.25, 0.3) is 0 Å². The van der Waals surface area contributed by atoms with Gasteiger partial charge in [-0.05, 0) is 6.54 Å². The Morgan fingerprint density at radius 2 is 1.94 bits per heavy atom. The Hall–Kier alpha value is -0.600. The molecule has 1 atom stereocenters. The molecule has 0 aliphatic carbocycles. The van der Waals surface area contributed by atoms with Crippen LogP contribution in [-0.4, -0.2) is 73.5 Å². The number of ether oxygens (including phenoxy) is 1. The van der Waals surface area contributed by atoms with Crippen LogP contribution >= 0.6 is 0 Å². The molecule has 0 aromatic carbocycles. The first kappa shape index (κ1) is 13.5. The van der Waals surface area contributed by atoms with Crippen molar-refractivity contribution in [3.63, 3.8) is 0 Å². The fraction of sp³-hybridized carbons (Fsp3) is 0.833. The Morgan fingerprint density at radius 3 is 2.50 bits per heavy atom. The van der Waals surface area contributed by atoms with Crippen molar-refractivity contribution in [2.45, 2.75) is 13.0 Å². The topological polar surface area (TPSA) is 35.9 Å². The van der Waals surface area contributed by atoms with Crippen molar-refractivity contribution < 1.29 is 9.84 Å². The minimum Gasteiger partial charge on any atom is -0.389 e. The highest BCUT2D eigenvalue weighted by Gasteiger charge is 2.17. The van der Waals surface area contributed by atoms with Crippen molar-refractivity contribution in [1.82, 2.24) is 9.80 Å². The summed E-state index contributed by atoms with van der Waals surface area (Å²) in [5.74, 6) is 2.39. The normalized spacial score (nSPS) is 20.6. The molecule has 1 aliphatic heterocycles. The van der Waals surface area contributed by atoms with Gasteiger partial charge in [0.15, 0.2) is 0 Å². The van der Waals surface area contributed by atoms with Gasteiger partial charge in [-0.3, -0.25) is 4.90 Å². The summed E-state index contributed by atoms with van der Waals surface area (Å²) in [7, 11) is 0. The van der Waals surface area contributed by atoms with Gasteiger partial charge in [-0.1, -0.05) is 12.8 Å². The second-order valence-electron chi connectivity index (χ2n) is 4.11. The molecule has 0 unspecified atom stereocenters. The average Bonchev–Trinajstić information content (AvgIpc) is 2.30. The second kappa shape index (κ2) is 7.64. The Labute approximate surface area is 98.2 Å². The van der Waals surface area contributed by atoms with Gasteiger partial charge in [-0.2, -0.15) is 0 Å². The zero-order valence-corrected chi connectivity index (χ0v) is 10.1. The fourth-order valence-corrected chi connectivity index (χ4v) is 1.89. The van der Waals surface area contributed by atoms with E-state index < -0.39 is 6.10 Å². The zero-order valence-electron chi connectivity index (χ0n) is 10.1. The number of rotatable bonds is 6. The summed E-state index contributed by atoms with van der Waals surface area (Å²) in [6, 6.07) is 0. The maximum absolute atomic E-state index is 9.70. The van der Waals surface area contributed by atoms with Crippen molar-refractivity contribution >= 4 is 0 Å².